The zero-order valence-corrected chi connectivity index (χ0v) is 6.07. The van der Waals surface area contributed by atoms with E-state index in [-0.39, 0.29) is 6.17 Å². The van der Waals surface area contributed by atoms with Gasteiger partial charge in [0.1, 0.15) is 0 Å². The van der Waals surface area contributed by atoms with E-state index in [1.807, 2.05) is 36.4 Å². The fraction of sp³-hybridized carbons (Fsp3) is 0.111. The molecule has 0 bridgehead atoms. The van der Waals surface area contributed by atoms with Gasteiger partial charge in [0.05, 0.1) is 0 Å². The van der Waals surface area contributed by atoms with Crippen molar-refractivity contribution in [2.75, 3.05) is 0 Å². The van der Waals surface area contributed by atoms with Gasteiger partial charge in [-0.2, -0.15) is 0 Å². The van der Waals surface area contributed by atoms with Crippen molar-refractivity contribution in [3.8, 4) is 0 Å². The molecular formula is C9H9N2-. The van der Waals surface area contributed by atoms with Gasteiger partial charge in [0, 0.05) is 0 Å². The lowest BCUT2D eigenvalue weighted by molar-refractivity contribution is 0.990. The van der Waals surface area contributed by atoms with Gasteiger partial charge >= 0.3 is 0 Å². The van der Waals surface area contributed by atoms with Crippen molar-refractivity contribution in [2.24, 2.45) is 5.73 Å². The van der Waals surface area contributed by atoms with Crippen LogP contribution in [0.4, 0.5) is 5.69 Å². The maximum atomic E-state index is 5.60. The van der Waals surface area contributed by atoms with Gasteiger partial charge in [-0.1, -0.05) is 42.6 Å². The lowest BCUT2D eigenvalue weighted by Gasteiger charge is -2.32. The van der Waals surface area contributed by atoms with E-state index in [9.17, 15) is 0 Å². The van der Waals surface area contributed by atoms with E-state index >= 15 is 0 Å². The van der Waals surface area contributed by atoms with Crippen LogP contribution in [0.15, 0.2) is 30.3 Å². The molecule has 1 aliphatic heterocycles. The number of nitrogens with two attached hydrogens (primary N) is 1. The van der Waals surface area contributed by atoms with Gasteiger partial charge in [0.2, 0.25) is 0 Å². The molecule has 2 heteroatoms. The Hall–Kier alpha value is -1.28. The molecular weight excluding hydrogens is 136 g/mol. The lowest BCUT2D eigenvalue weighted by Crippen LogP contribution is -2.15. The second kappa shape index (κ2) is 2.40. The summed E-state index contributed by atoms with van der Waals surface area (Å²) in [4.78, 5) is 0. The molecule has 2 N–H and O–H groups in total. The van der Waals surface area contributed by atoms with Crippen LogP contribution in [0.3, 0.4) is 0 Å². The summed E-state index contributed by atoms with van der Waals surface area (Å²) in [6, 6.07) is 7.96. The summed E-state index contributed by atoms with van der Waals surface area (Å²) in [5.41, 5.74) is 7.73. The molecule has 1 aromatic rings. The summed E-state index contributed by atoms with van der Waals surface area (Å²) in [5, 5.41) is 4.24. The van der Waals surface area contributed by atoms with Gasteiger partial charge in [-0.3, -0.25) is 0 Å². The first-order valence-corrected chi connectivity index (χ1v) is 3.60. The first kappa shape index (κ1) is 6.43. The van der Waals surface area contributed by atoms with Crippen molar-refractivity contribution >= 4 is 11.8 Å². The van der Waals surface area contributed by atoms with Gasteiger partial charge in [-0.25, -0.2) is 0 Å². The van der Waals surface area contributed by atoms with Crippen LogP contribution in [-0.4, -0.2) is 6.17 Å². The fourth-order valence-corrected chi connectivity index (χ4v) is 1.15. The van der Waals surface area contributed by atoms with Crippen molar-refractivity contribution in [3.63, 3.8) is 0 Å². The third-order valence-corrected chi connectivity index (χ3v) is 1.70. The highest BCUT2D eigenvalue weighted by atomic mass is 15.0. The molecule has 1 aliphatic rings. The molecule has 0 radical (unpaired) electrons. The van der Waals surface area contributed by atoms with Crippen molar-refractivity contribution < 1.29 is 0 Å². The summed E-state index contributed by atoms with van der Waals surface area (Å²) in [5.74, 6) is 0. The number of nitrogens with zero attached hydrogens (tertiary/aromatic N) is 1. The van der Waals surface area contributed by atoms with Gasteiger partial charge < -0.3 is 11.1 Å². The molecule has 1 atom stereocenters. The highest BCUT2D eigenvalue weighted by molar-refractivity contribution is 5.73. The lowest BCUT2D eigenvalue weighted by atomic mass is 10.1. The van der Waals surface area contributed by atoms with Gasteiger partial charge in [0.25, 0.3) is 0 Å². The molecule has 1 heterocycles. The molecule has 1 unspecified atom stereocenters. The van der Waals surface area contributed by atoms with Gasteiger partial charge in [-0.05, 0) is 5.56 Å². The molecule has 0 amide bonds. The maximum Gasteiger partial charge on any atom is -0.0409 e. The van der Waals surface area contributed by atoms with Crippen LogP contribution in [-0.2, 0) is 0 Å². The van der Waals surface area contributed by atoms with E-state index in [0.29, 0.717) is 0 Å². The quantitative estimate of drug-likeness (QED) is 0.596. The normalized spacial score (nSPS) is 20.6. The van der Waals surface area contributed by atoms with Crippen molar-refractivity contribution in [3.05, 3.63) is 41.2 Å². The van der Waals surface area contributed by atoms with Crippen LogP contribution in [0.5, 0.6) is 0 Å². The Bertz CT molecular complexity index is 291. The minimum absolute atomic E-state index is 0.162. The van der Waals surface area contributed by atoms with Crippen LogP contribution >= 0.6 is 0 Å². The summed E-state index contributed by atoms with van der Waals surface area (Å²) in [6.07, 6.45) is 3.74. The predicted octanol–water partition coefficient (Wildman–Crippen LogP) is 2.00. The van der Waals surface area contributed by atoms with Crippen LogP contribution in [0, 0.1) is 0 Å². The topological polar surface area (TPSA) is 40.1 Å². The highest BCUT2D eigenvalue weighted by Gasteiger charge is 1.95. The Labute approximate surface area is 65.7 Å². The second-order valence-corrected chi connectivity index (χ2v) is 2.54. The standard InChI is InChI=1S/C9H9N2/c10-9-6-5-7-3-1-2-4-8(7)11-9/h1-6,9H,10H2/q-1. The number of rotatable bonds is 0. The van der Waals surface area contributed by atoms with Gasteiger partial charge in [-0.15, -0.1) is 5.69 Å². The molecule has 0 aromatic heterocycles. The predicted molar refractivity (Wildman–Crippen MR) is 46.5 cm³/mol. The first-order chi connectivity index (χ1) is 5.36. The summed E-state index contributed by atoms with van der Waals surface area (Å²) in [6.45, 7) is 0. The minimum atomic E-state index is -0.162. The fourth-order valence-electron chi connectivity index (χ4n) is 1.15. The number of hydrogen-bond donors (Lipinski definition) is 1. The largest absolute Gasteiger partial charge is 0.666 e. The zero-order valence-electron chi connectivity index (χ0n) is 6.07. The summed E-state index contributed by atoms with van der Waals surface area (Å²) in [7, 11) is 0. The van der Waals surface area contributed by atoms with Crippen LogP contribution in [0.2, 0.25) is 0 Å². The minimum Gasteiger partial charge on any atom is -0.666 e. The Morgan fingerprint density at radius 3 is 3.00 bits per heavy atom. The highest BCUT2D eigenvalue weighted by Crippen LogP contribution is 2.29. The summed E-state index contributed by atoms with van der Waals surface area (Å²) < 4.78 is 0. The zero-order chi connectivity index (χ0) is 7.68. The monoisotopic (exact) mass is 145 g/mol. The van der Waals surface area contributed by atoms with E-state index < -0.39 is 0 Å². The maximum absolute atomic E-state index is 5.60. The van der Waals surface area contributed by atoms with E-state index in [1.165, 1.54) is 0 Å². The molecule has 2 rings (SSSR count). The number of hydrogen-bond acceptors (Lipinski definition) is 1. The average Bonchev–Trinajstić information content (AvgIpc) is 2.04. The Balaban J connectivity index is 2.46. The van der Waals surface area contributed by atoms with Crippen LogP contribution in [0.25, 0.3) is 11.4 Å². The van der Waals surface area contributed by atoms with Crippen LogP contribution < -0.4 is 5.73 Å². The molecule has 1 aromatic carbocycles. The van der Waals surface area contributed by atoms with Gasteiger partial charge in [0.15, 0.2) is 0 Å². The van der Waals surface area contributed by atoms with E-state index in [0.717, 1.165) is 11.3 Å². The Morgan fingerprint density at radius 1 is 1.27 bits per heavy atom. The SMILES string of the molecule is NC1C=Cc2ccccc2[N-]1. The summed E-state index contributed by atoms with van der Waals surface area (Å²) >= 11 is 0. The molecule has 2 nitrogen and oxygen atoms in total. The molecule has 56 valence electrons. The molecule has 0 saturated carbocycles. The molecule has 0 saturated heterocycles. The Morgan fingerprint density at radius 2 is 2.09 bits per heavy atom. The van der Waals surface area contributed by atoms with E-state index in [2.05, 4.69) is 5.32 Å². The average molecular weight is 145 g/mol. The van der Waals surface area contributed by atoms with E-state index in [4.69, 9.17) is 5.73 Å². The third kappa shape index (κ3) is 1.12. The number of benzene rings is 1. The molecule has 0 aliphatic carbocycles. The molecule has 0 fully saturated rings. The van der Waals surface area contributed by atoms with Crippen molar-refractivity contribution in [2.45, 2.75) is 6.17 Å². The number of fused-ring (bicyclic) bond motifs is 1. The smallest absolute Gasteiger partial charge is 0.0409 e. The first-order valence-electron chi connectivity index (χ1n) is 3.60. The second-order valence-electron chi connectivity index (χ2n) is 2.54. The van der Waals surface area contributed by atoms with Crippen LogP contribution in [0.1, 0.15) is 5.56 Å². The molecule has 0 spiro atoms. The van der Waals surface area contributed by atoms with Crippen molar-refractivity contribution in [1.82, 2.24) is 0 Å². The van der Waals surface area contributed by atoms with Crippen molar-refractivity contribution in [1.29, 1.82) is 0 Å². The Kier molecular flexibility index (Phi) is 1.40. The number of para-hydroxylation sites is 1. The third-order valence-electron chi connectivity index (χ3n) is 1.70. The molecule has 11 heavy (non-hydrogen) atoms. The van der Waals surface area contributed by atoms with E-state index in [1.54, 1.807) is 0 Å².